The van der Waals surface area contributed by atoms with Crippen LogP contribution in [0.25, 0.3) is 11.1 Å². The predicted octanol–water partition coefficient (Wildman–Crippen LogP) is 1.11. The van der Waals surface area contributed by atoms with Crippen LogP contribution in [0.4, 0.5) is 0 Å². The summed E-state index contributed by atoms with van der Waals surface area (Å²) in [5.74, 6) is -1.04. The number of hydrogen-bond acceptors (Lipinski definition) is 4. The quantitative estimate of drug-likeness (QED) is 0.844. The number of carbonyl (C=O) groups excluding carboxylic acids is 2. The molecule has 1 aromatic heterocycles. The lowest BCUT2D eigenvalue weighted by Gasteiger charge is -2.31. The minimum Gasteiger partial charge on any atom is -0.396 e. The molecule has 152 valence electrons. The molecule has 1 N–H and O–H groups in total. The molecule has 2 aromatic rings. The molecule has 29 heavy (non-hydrogen) atoms. The van der Waals surface area contributed by atoms with E-state index < -0.39 is 18.0 Å². The van der Waals surface area contributed by atoms with Crippen LogP contribution in [0.3, 0.4) is 0 Å². The van der Waals surface area contributed by atoms with Gasteiger partial charge in [0.1, 0.15) is 6.04 Å². The van der Waals surface area contributed by atoms with Crippen molar-refractivity contribution < 1.29 is 14.7 Å². The summed E-state index contributed by atoms with van der Waals surface area (Å²) >= 11 is 0. The number of aliphatic hydroxyl groups excluding tert-OH is 1. The molecule has 0 aliphatic carbocycles. The zero-order chi connectivity index (χ0) is 20.9. The lowest BCUT2D eigenvalue weighted by Crippen LogP contribution is -2.49. The van der Waals surface area contributed by atoms with E-state index in [0.29, 0.717) is 12.1 Å². The molecule has 0 saturated carbocycles. The molecule has 0 radical (unpaired) electrons. The summed E-state index contributed by atoms with van der Waals surface area (Å²) in [6.45, 7) is 1.60. The van der Waals surface area contributed by atoms with Crippen LogP contribution < -0.4 is 5.56 Å². The van der Waals surface area contributed by atoms with Crippen molar-refractivity contribution in [2.75, 3.05) is 20.7 Å². The van der Waals surface area contributed by atoms with Crippen LogP contribution in [0.5, 0.6) is 0 Å². The third-order valence-electron chi connectivity index (χ3n) is 6.22. The lowest BCUT2D eigenvalue weighted by molar-refractivity contribution is -0.144. The average molecular weight is 395 g/mol. The first-order valence-electron chi connectivity index (χ1n) is 9.77. The zero-order valence-corrected chi connectivity index (χ0v) is 16.8. The summed E-state index contributed by atoms with van der Waals surface area (Å²) < 4.78 is 1.70. The summed E-state index contributed by atoms with van der Waals surface area (Å²) in [5.41, 5.74) is 2.05. The van der Waals surface area contributed by atoms with Crippen molar-refractivity contribution in [2.45, 2.75) is 25.6 Å². The van der Waals surface area contributed by atoms with Gasteiger partial charge in [0.05, 0.1) is 6.04 Å². The number of hydrogen-bond donors (Lipinski definition) is 1. The first-order chi connectivity index (χ1) is 13.9. The topological polar surface area (TPSA) is 82.9 Å². The molecular weight excluding hydrogens is 370 g/mol. The van der Waals surface area contributed by atoms with Gasteiger partial charge in [-0.2, -0.15) is 0 Å². The van der Waals surface area contributed by atoms with Gasteiger partial charge in [0.2, 0.25) is 11.8 Å². The van der Waals surface area contributed by atoms with Crippen molar-refractivity contribution in [1.82, 2.24) is 14.4 Å². The summed E-state index contributed by atoms with van der Waals surface area (Å²) in [6.07, 6.45) is 0. The minimum absolute atomic E-state index is 0.112. The van der Waals surface area contributed by atoms with Gasteiger partial charge in [0, 0.05) is 57.3 Å². The molecule has 0 unspecified atom stereocenters. The maximum atomic E-state index is 13.2. The van der Waals surface area contributed by atoms with Crippen molar-refractivity contribution in [3.8, 4) is 11.1 Å². The van der Waals surface area contributed by atoms with E-state index in [9.17, 15) is 19.5 Å². The number of pyridine rings is 1. The molecule has 1 saturated heterocycles. The molecule has 2 aliphatic heterocycles. The van der Waals surface area contributed by atoms with E-state index in [2.05, 4.69) is 0 Å². The fourth-order valence-corrected chi connectivity index (χ4v) is 4.93. The van der Waals surface area contributed by atoms with Crippen molar-refractivity contribution >= 4 is 11.8 Å². The number of benzene rings is 1. The van der Waals surface area contributed by atoms with E-state index in [1.165, 1.54) is 11.8 Å². The van der Waals surface area contributed by atoms with Crippen LogP contribution in [-0.2, 0) is 16.1 Å². The Morgan fingerprint density at radius 3 is 2.41 bits per heavy atom. The fourth-order valence-electron chi connectivity index (χ4n) is 4.93. The van der Waals surface area contributed by atoms with Crippen molar-refractivity contribution in [3.05, 3.63) is 58.5 Å². The summed E-state index contributed by atoms with van der Waals surface area (Å²) in [7, 11) is 3.29. The van der Waals surface area contributed by atoms with Crippen LogP contribution >= 0.6 is 0 Å². The number of rotatable bonds is 3. The highest BCUT2D eigenvalue weighted by Gasteiger charge is 2.56. The van der Waals surface area contributed by atoms with Crippen molar-refractivity contribution in [2.24, 2.45) is 11.8 Å². The average Bonchev–Trinajstić information content (AvgIpc) is 3.23. The van der Waals surface area contributed by atoms with Crippen LogP contribution in [-0.4, -0.2) is 58.0 Å². The van der Waals surface area contributed by atoms with Crippen LogP contribution in [0.1, 0.15) is 18.7 Å². The highest BCUT2D eigenvalue weighted by molar-refractivity contribution is 5.88. The minimum atomic E-state index is -0.722. The maximum absolute atomic E-state index is 13.2. The van der Waals surface area contributed by atoms with E-state index in [1.807, 2.05) is 36.4 Å². The second-order valence-electron chi connectivity index (χ2n) is 8.01. The number of likely N-dealkylation sites (tertiary alicyclic amines) is 1. The largest absolute Gasteiger partial charge is 0.396 e. The predicted molar refractivity (Wildman–Crippen MR) is 108 cm³/mol. The van der Waals surface area contributed by atoms with Crippen LogP contribution in [0.15, 0.2) is 47.3 Å². The van der Waals surface area contributed by atoms with Crippen LogP contribution in [0.2, 0.25) is 0 Å². The molecule has 0 bridgehead atoms. The molecule has 4 atom stereocenters. The van der Waals surface area contributed by atoms with E-state index in [1.54, 1.807) is 29.6 Å². The Hall–Kier alpha value is -2.93. The standard InChI is InChI=1S/C22H25N3O4/c1-13(27)25-19-16(17(12-26)20(25)22(29)23(2)3)11-24-18(19)10-9-15(21(24)28)14-7-5-4-6-8-14/h4-10,16-17,19-20,26H,11-12H2,1-3H3/t16-,17-,19+,20-/m1/s1. The van der Waals surface area contributed by atoms with Crippen molar-refractivity contribution in [1.29, 1.82) is 0 Å². The number of nitrogens with zero attached hydrogens (tertiary/aromatic N) is 3. The Bertz CT molecular complexity index is 1010. The van der Waals surface area contributed by atoms with Gasteiger partial charge in [0.25, 0.3) is 5.56 Å². The Morgan fingerprint density at radius 1 is 1.14 bits per heavy atom. The van der Waals surface area contributed by atoms with E-state index in [-0.39, 0.29) is 29.9 Å². The van der Waals surface area contributed by atoms with Crippen LogP contribution in [0, 0.1) is 11.8 Å². The molecule has 1 aromatic carbocycles. The van der Waals surface area contributed by atoms with Gasteiger partial charge in [0.15, 0.2) is 0 Å². The SMILES string of the molecule is CC(=O)N1[C@@H]2c3ccc(-c4ccccc4)c(=O)n3C[C@@H]2[C@@H](CO)[C@@H]1C(=O)N(C)C. The Kier molecular flexibility index (Phi) is 4.78. The summed E-state index contributed by atoms with van der Waals surface area (Å²) in [4.78, 5) is 41.6. The van der Waals surface area contributed by atoms with Gasteiger partial charge in [-0.1, -0.05) is 30.3 Å². The van der Waals surface area contributed by atoms with E-state index in [0.717, 1.165) is 11.3 Å². The lowest BCUT2D eigenvalue weighted by atomic mass is 9.88. The van der Waals surface area contributed by atoms with Gasteiger partial charge in [-0.15, -0.1) is 0 Å². The molecule has 7 nitrogen and oxygen atoms in total. The fraction of sp³-hybridized carbons (Fsp3) is 0.409. The zero-order valence-electron chi connectivity index (χ0n) is 16.8. The van der Waals surface area contributed by atoms with Crippen molar-refractivity contribution in [3.63, 3.8) is 0 Å². The Balaban J connectivity index is 1.82. The number of amides is 2. The molecule has 7 heteroatoms. The maximum Gasteiger partial charge on any atom is 0.258 e. The summed E-state index contributed by atoms with van der Waals surface area (Å²) in [5, 5.41) is 10.1. The molecule has 0 spiro atoms. The van der Waals surface area contributed by atoms with Gasteiger partial charge < -0.3 is 19.5 Å². The molecular formula is C22H25N3O4. The van der Waals surface area contributed by atoms with E-state index >= 15 is 0 Å². The van der Waals surface area contributed by atoms with Gasteiger partial charge in [-0.25, -0.2) is 0 Å². The summed E-state index contributed by atoms with van der Waals surface area (Å²) in [6, 6.07) is 12.0. The van der Waals surface area contributed by atoms with Gasteiger partial charge in [-0.3, -0.25) is 14.4 Å². The highest BCUT2D eigenvalue weighted by Crippen LogP contribution is 2.49. The monoisotopic (exact) mass is 395 g/mol. The molecule has 1 fully saturated rings. The van der Waals surface area contributed by atoms with E-state index in [4.69, 9.17) is 0 Å². The number of aliphatic hydroxyl groups is 1. The molecule has 4 rings (SSSR count). The second-order valence-corrected chi connectivity index (χ2v) is 8.01. The molecule has 2 amide bonds. The smallest absolute Gasteiger partial charge is 0.258 e. The van der Waals surface area contributed by atoms with Gasteiger partial charge >= 0.3 is 0 Å². The van der Waals surface area contributed by atoms with Gasteiger partial charge in [-0.05, 0) is 17.7 Å². The highest BCUT2D eigenvalue weighted by atomic mass is 16.3. The normalized spacial score (nSPS) is 24.9. The second kappa shape index (κ2) is 7.15. The number of likely N-dealkylation sites (N-methyl/N-ethyl adjacent to an activating group) is 1. The number of aromatic nitrogens is 1. The third-order valence-corrected chi connectivity index (χ3v) is 6.22. The number of carbonyl (C=O) groups is 2. The first kappa shape index (κ1) is 19.4. The first-order valence-corrected chi connectivity index (χ1v) is 9.77. The Morgan fingerprint density at radius 2 is 1.83 bits per heavy atom. The Labute approximate surface area is 169 Å². The number of fused-ring (bicyclic) bond motifs is 3. The molecule has 2 aliphatic rings. The third kappa shape index (κ3) is 2.88. The molecule has 3 heterocycles.